The quantitative estimate of drug-likeness (QED) is 0.113. The molecular weight excluding hydrogens is 448 g/mol. The molecule has 0 aliphatic rings. The molecule has 0 N–H and O–H groups in total. The van der Waals surface area contributed by atoms with Crippen LogP contribution < -0.4 is 0 Å². The average Bonchev–Trinajstić information content (AvgIpc) is 2.84. The third kappa shape index (κ3) is 29.2. The van der Waals surface area contributed by atoms with Crippen LogP contribution >= 0.6 is 0 Å². The molecule has 0 aromatic rings. The lowest BCUT2D eigenvalue weighted by Gasteiger charge is -2.08. The Hall–Kier alpha value is -0.850. The Labute approximate surface area is 205 Å². The molecule has 0 amide bonds. The van der Waals surface area contributed by atoms with Gasteiger partial charge in [0.25, 0.3) is 0 Å². The van der Waals surface area contributed by atoms with E-state index in [0.717, 1.165) is 19.3 Å². The van der Waals surface area contributed by atoms with Gasteiger partial charge in [0.1, 0.15) is 6.61 Å². The number of hydrogen-bond acceptors (Lipinski definition) is 10. The number of rotatable bonds is 29. The summed E-state index contributed by atoms with van der Waals surface area (Å²) in [5, 5.41) is 0. The number of ether oxygens (including phenoxy) is 9. The van der Waals surface area contributed by atoms with Crippen molar-refractivity contribution in [1.82, 2.24) is 0 Å². The van der Waals surface area contributed by atoms with Crippen molar-refractivity contribution < 1.29 is 47.4 Å². The Morgan fingerprint density at radius 2 is 0.765 bits per heavy atom. The molecule has 0 saturated carbocycles. The molecule has 0 aromatic carbocycles. The Kier molecular flexibility index (Phi) is 29.4. The number of hydrogen-bond donors (Lipinski definition) is 0. The molecule has 204 valence electrons. The number of carbonyl (C=O) groups is 1. The minimum absolute atomic E-state index is 0.154. The molecule has 10 nitrogen and oxygen atoms in total. The molecule has 0 spiro atoms. The zero-order chi connectivity index (χ0) is 24.8. The minimum atomic E-state index is -0.154. The summed E-state index contributed by atoms with van der Waals surface area (Å²) in [6.07, 6.45) is 3.52. The van der Waals surface area contributed by atoms with Crippen LogP contribution in [0, 0.1) is 0 Å². The van der Waals surface area contributed by atoms with Crippen molar-refractivity contribution in [3.63, 3.8) is 0 Å². The zero-order valence-electron chi connectivity index (χ0n) is 21.4. The molecule has 0 heterocycles. The maximum absolute atomic E-state index is 11.4. The molecule has 0 aliphatic carbocycles. The monoisotopic (exact) mass is 496 g/mol. The van der Waals surface area contributed by atoms with Crippen LogP contribution in [0.25, 0.3) is 0 Å². The van der Waals surface area contributed by atoms with Crippen molar-refractivity contribution in [2.75, 3.05) is 112 Å². The topological polar surface area (TPSA) is 100 Å². The molecular formula is C24H48O10. The van der Waals surface area contributed by atoms with Gasteiger partial charge in [-0.3, -0.25) is 4.79 Å². The first-order chi connectivity index (χ1) is 16.8. The van der Waals surface area contributed by atoms with Gasteiger partial charge in [0, 0.05) is 13.0 Å². The van der Waals surface area contributed by atoms with Crippen molar-refractivity contribution in [3.05, 3.63) is 0 Å². The summed E-state index contributed by atoms with van der Waals surface area (Å²) in [6.45, 7) is 12.9. The van der Waals surface area contributed by atoms with Crippen molar-refractivity contribution in [2.45, 2.75) is 39.5 Å². The van der Waals surface area contributed by atoms with Crippen molar-refractivity contribution in [3.8, 4) is 0 Å². The Morgan fingerprint density at radius 3 is 1.09 bits per heavy atom. The van der Waals surface area contributed by atoms with Crippen molar-refractivity contribution in [1.29, 1.82) is 0 Å². The molecule has 10 heteroatoms. The first-order valence-corrected chi connectivity index (χ1v) is 12.6. The average molecular weight is 497 g/mol. The normalized spacial score (nSPS) is 11.2. The SMILES string of the molecule is CCCCCC(=O)OCCOCCOCCOCCOCCOCCOCCOCCOCC. The summed E-state index contributed by atoms with van der Waals surface area (Å²) in [5.41, 5.74) is 0. The van der Waals surface area contributed by atoms with E-state index in [1.807, 2.05) is 6.92 Å². The van der Waals surface area contributed by atoms with E-state index >= 15 is 0 Å². The fourth-order valence-corrected chi connectivity index (χ4v) is 2.49. The lowest BCUT2D eigenvalue weighted by Crippen LogP contribution is -2.15. The first-order valence-electron chi connectivity index (χ1n) is 12.6. The third-order valence-corrected chi connectivity index (χ3v) is 4.28. The predicted octanol–water partition coefficient (Wildman–Crippen LogP) is 2.26. The zero-order valence-corrected chi connectivity index (χ0v) is 21.4. The molecule has 0 rings (SSSR count). The molecule has 0 radical (unpaired) electrons. The van der Waals surface area contributed by atoms with Crippen LogP contribution in [0.3, 0.4) is 0 Å². The molecule has 0 saturated heterocycles. The van der Waals surface area contributed by atoms with Gasteiger partial charge in [0.2, 0.25) is 0 Å². The molecule has 0 unspecified atom stereocenters. The Balaban J connectivity index is 3.06. The number of esters is 1. The predicted molar refractivity (Wildman–Crippen MR) is 127 cm³/mol. The van der Waals surface area contributed by atoms with Crippen LogP contribution in [-0.4, -0.2) is 118 Å². The summed E-state index contributed by atoms with van der Waals surface area (Å²) in [4.78, 5) is 11.4. The second-order valence-corrected chi connectivity index (χ2v) is 7.16. The maximum atomic E-state index is 11.4. The van der Waals surface area contributed by atoms with Gasteiger partial charge in [0.05, 0.1) is 99.1 Å². The molecule has 0 aromatic heterocycles. The molecule has 0 atom stereocenters. The van der Waals surface area contributed by atoms with Gasteiger partial charge in [-0.25, -0.2) is 0 Å². The van der Waals surface area contributed by atoms with Gasteiger partial charge < -0.3 is 42.6 Å². The summed E-state index contributed by atoms with van der Waals surface area (Å²) < 4.78 is 48.0. The van der Waals surface area contributed by atoms with Crippen LogP contribution in [0.1, 0.15) is 39.5 Å². The molecule has 0 aliphatic heterocycles. The largest absolute Gasteiger partial charge is 0.463 e. The maximum Gasteiger partial charge on any atom is 0.305 e. The Morgan fingerprint density at radius 1 is 0.441 bits per heavy atom. The van der Waals surface area contributed by atoms with Crippen LogP contribution in [0.4, 0.5) is 0 Å². The van der Waals surface area contributed by atoms with Crippen molar-refractivity contribution in [2.24, 2.45) is 0 Å². The van der Waals surface area contributed by atoms with E-state index in [1.54, 1.807) is 0 Å². The third-order valence-electron chi connectivity index (χ3n) is 4.28. The minimum Gasteiger partial charge on any atom is -0.463 e. The van der Waals surface area contributed by atoms with E-state index in [0.29, 0.717) is 112 Å². The first kappa shape index (κ1) is 33.1. The van der Waals surface area contributed by atoms with E-state index in [2.05, 4.69) is 6.92 Å². The molecule has 0 fully saturated rings. The highest BCUT2D eigenvalue weighted by Gasteiger charge is 2.01. The summed E-state index contributed by atoms with van der Waals surface area (Å²) in [7, 11) is 0. The van der Waals surface area contributed by atoms with E-state index in [9.17, 15) is 4.79 Å². The second kappa shape index (κ2) is 30.2. The number of unbranched alkanes of at least 4 members (excludes halogenated alkanes) is 2. The summed E-state index contributed by atoms with van der Waals surface area (Å²) >= 11 is 0. The molecule has 0 bridgehead atoms. The van der Waals surface area contributed by atoms with Gasteiger partial charge in [-0.05, 0) is 13.3 Å². The smallest absolute Gasteiger partial charge is 0.305 e. The molecule has 34 heavy (non-hydrogen) atoms. The van der Waals surface area contributed by atoms with Gasteiger partial charge in [-0.1, -0.05) is 19.8 Å². The van der Waals surface area contributed by atoms with E-state index in [-0.39, 0.29) is 12.6 Å². The summed E-state index contributed by atoms with van der Waals surface area (Å²) in [6, 6.07) is 0. The highest BCUT2D eigenvalue weighted by atomic mass is 16.6. The van der Waals surface area contributed by atoms with Gasteiger partial charge >= 0.3 is 5.97 Å². The van der Waals surface area contributed by atoms with Gasteiger partial charge in [0.15, 0.2) is 0 Å². The van der Waals surface area contributed by atoms with Crippen LogP contribution in [0.15, 0.2) is 0 Å². The second-order valence-electron chi connectivity index (χ2n) is 7.16. The fourth-order valence-electron chi connectivity index (χ4n) is 2.49. The highest BCUT2D eigenvalue weighted by molar-refractivity contribution is 5.69. The van der Waals surface area contributed by atoms with Crippen LogP contribution in [-0.2, 0) is 47.4 Å². The summed E-state index contributed by atoms with van der Waals surface area (Å²) in [5.74, 6) is -0.154. The number of carbonyl (C=O) groups excluding carboxylic acids is 1. The van der Waals surface area contributed by atoms with E-state index in [4.69, 9.17) is 42.6 Å². The lowest BCUT2D eigenvalue weighted by molar-refractivity contribution is -0.145. The van der Waals surface area contributed by atoms with E-state index in [1.165, 1.54) is 0 Å². The lowest BCUT2D eigenvalue weighted by atomic mass is 10.2. The van der Waals surface area contributed by atoms with Crippen LogP contribution in [0.5, 0.6) is 0 Å². The standard InChI is InChI=1S/C24H48O10/c1-3-5-6-7-24(25)34-23-22-33-21-20-32-19-18-31-17-16-30-15-14-29-13-12-28-11-10-27-9-8-26-4-2/h3-23H2,1-2H3. The van der Waals surface area contributed by atoms with Gasteiger partial charge in [-0.2, -0.15) is 0 Å². The van der Waals surface area contributed by atoms with E-state index < -0.39 is 0 Å². The fraction of sp³-hybridized carbons (Fsp3) is 0.958. The highest BCUT2D eigenvalue weighted by Crippen LogP contribution is 2.00. The Bertz CT molecular complexity index is 398. The van der Waals surface area contributed by atoms with Crippen molar-refractivity contribution >= 4 is 5.97 Å². The van der Waals surface area contributed by atoms with Crippen LogP contribution in [0.2, 0.25) is 0 Å². The van der Waals surface area contributed by atoms with Gasteiger partial charge in [-0.15, -0.1) is 0 Å².